The summed E-state index contributed by atoms with van der Waals surface area (Å²) < 4.78 is 0. The Bertz CT molecular complexity index is 41.4. The van der Waals surface area contributed by atoms with Crippen molar-refractivity contribution in [1.29, 1.82) is 0 Å². The number of aliphatic hydroxyl groups excluding tert-OH is 2. The van der Waals surface area contributed by atoms with Gasteiger partial charge in [-0.1, -0.05) is 6.92 Å². The van der Waals surface area contributed by atoms with Crippen LogP contribution < -0.4 is 0 Å². The smallest absolute Gasteiger partial charge is 0.0559 e. The van der Waals surface area contributed by atoms with Crippen molar-refractivity contribution in [3.8, 4) is 0 Å². The van der Waals surface area contributed by atoms with Gasteiger partial charge < -0.3 is 10.2 Å². The van der Waals surface area contributed by atoms with Crippen molar-refractivity contribution in [2.24, 2.45) is 0 Å². The third-order valence-corrected chi connectivity index (χ3v) is 0.934. The van der Waals surface area contributed by atoms with E-state index in [1.807, 2.05) is 6.92 Å². The molecule has 3 heteroatoms. The molecule has 0 spiro atoms. The Morgan fingerprint density at radius 2 is 2.00 bits per heavy atom. The van der Waals surface area contributed by atoms with E-state index in [1.54, 1.807) is 0 Å². The molecule has 0 heterocycles. The molecule has 1 atom stereocenters. The second-order valence-corrected chi connectivity index (χ2v) is 1.57. The average Bonchev–Trinajstić information content (AvgIpc) is 1.68. The summed E-state index contributed by atoms with van der Waals surface area (Å²) in [4.78, 5) is 0. The standard InChI is InChI=1S/C5H12O2.Zr/c1-2-5(7)3-4-6;/h5-7H,2-4H2,1H3;. The normalized spacial score (nSPS) is 12.4. The van der Waals surface area contributed by atoms with Gasteiger partial charge in [-0.15, -0.1) is 0 Å². The van der Waals surface area contributed by atoms with E-state index in [-0.39, 0.29) is 38.9 Å². The van der Waals surface area contributed by atoms with Crippen LogP contribution in [-0.4, -0.2) is 22.9 Å². The first-order valence-electron chi connectivity index (χ1n) is 2.60. The fraction of sp³-hybridized carbons (Fsp3) is 1.00. The Kier molecular flexibility index (Phi) is 11.3. The first-order chi connectivity index (χ1) is 3.31. The minimum atomic E-state index is -0.301. The van der Waals surface area contributed by atoms with Crippen LogP contribution in [0.1, 0.15) is 19.8 Å². The topological polar surface area (TPSA) is 40.5 Å². The summed E-state index contributed by atoms with van der Waals surface area (Å²) in [6.45, 7) is 1.98. The van der Waals surface area contributed by atoms with Crippen molar-refractivity contribution in [2.75, 3.05) is 6.61 Å². The van der Waals surface area contributed by atoms with Gasteiger partial charge in [-0.05, 0) is 12.8 Å². The molecule has 0 saturated heterocycles. The summed E-state index contributed by atoms with van der Waals surface area (Å²) in [5.41, 5.74) is 0. The fourth-order valence-electron chi connectivity index (χ4n) is 0.353. The zero-order chi connectivity index (χ0) is 5.70. The Morgan fingerprint density at radius 1 is 1.50 bits per heavy atom. The second kappa shape index (κ2) is 7.80. The maximum Gasteiger partial charge on any atom is 0.0559 e. The Hall–Kier alpha value is 0.803. The van der Waals surface area contributed by atoms with Gasteiger partial charge >= 0.3 is 0 Å². The molecule has 0 aliphatic carbocycles. The number of aliphatic hydroxyl groups is 2. The van der Waals surface area contributed by atoms with Gasteiger partial charge in [-0.3, -0.25) is 0 Å². The fourth-order valence-corrected chi connectivity index (χ4v) is 0.353. The van der Waals surface area contributed by atoms with Crippen LogP contribution >= 0.6 is 0 Å². The average molecular weight is 195 g/mol. The largest absolute Gasteiger partial charge is 0.396 e. The van der Waals surface area contributed by atoms with Crippen LogP contribution in [0.2, 0.25) is 0 Å². The van der Waals surface area contributed by atoms with Crippen molar-refractivity contribution in [3.63, 3.8) is 0 Å². The number of hydrogen-bond donors (Lipinski definition) is 2. The Morgan fingerprint density at radius 3 is 2.12 bits per heavy atom. The molecule has 0 amide bonds. The van der Waals surface area contributed by atoms with E-state index in [4.69, 9.17) is 10.2 Å². The maximum atomic E-state index is 8.70. The van der Waals surface area contributed by atoms with Crippen molar-refractivity contribution < 1.29 is 36.4 Å². The summed E-state index contributed by atoms with van der Waals surface area (Å²) in [6, 6.07) is 0. The SMILES string of the molecule is CCC(O)CCO.[Zr]. The molecular formula is C5H12O2Zr. The second-order valence-electron chi connectivity index (χ2n) is 1.57. The van der Waals surface area contributed by atoms with Crippen molar-refractivity contribution >= 4 is 0 Å². The van der Waals surface area contributed by atoms with Crippen molar-refractivity contribution in [3.05, 3.63) is 0 Å². The van der Waals surface area contributed by atoms with Gasteiger partial charge in [0.25, 0.3) is 0 Å². The van der Waals surface area contributed by atoms with Crippen molar-refractivity contribution in [1.82, 2.24) is 0 Å². The molecule has 0 fully saturated rings. The zero-order valence-electron chi connectivity index (χ0n) is 5.09. The Labute approximate surface area is 69.0 Å². The molecule has 0 aromatic heterocycles. The number of rotatable bonds is 3. The first kappa shape index (κ1) is 11.6. The van der Waals surface area contributed by atoms with Gasteiger partial charge in [-0.25, -0.2) is 0 Å². The molecule has 0 aliphatic heterocycles. The minimum absolute atomic E-state index is 0. The van der Waals surface area contributed by atoms with Gasteiger partial charge in [0.05, 0.1) is 6.10 Å². The minimum Gasteiger partial charge on any atom is -0.396 e. The van der Waals surface area contributed by atoms with E-state index in [0.29, 0.717) is 6.42 Å². The molecule has 1 unspecified atom stereocenters. The summed E-state index contributed by atoms with van der Waals surface area (Å²) in [5, 5.41) is 16.9. The predicted molar refractivity (Wildman–Crippen MR) is 28.0 cm³/mol. The molecule has 0 saturated carbocycles. The van der Waals surface area contributed by atoms with Gasteiger partial charge in [0.1, 0.15) is 0 Å². The summed E-state index contributed by atoms with van der Waals surface area (Å²) >= 11 is 0. The summed E-state index contributed by atoms with van der Waals surface area (Å²) in [6.07, 6.45) is 0.946. The third-order valence-electron chi connectivity index (χ3n) is 0.934. The first-order valence-corrected chi connectivity index (χ1v) is 2.60. The summed E-state index contributed by atoms with van der Waals surface area (Å²) in [7, 11) is 0. The summed E-state index contributed by atoms with van der Waals surface area (Å²) in [5.74, 6) is 0. The maximum absolute atomic E-state index is 8.70. The Balaban J connectivity index is 0. The quantitative estimate of drug-likeness (QED) is 0.672. The van der Waals surface area contributed by atoms with E-state index in [0.717, 1.165) is 6.42 Å². The molecule has 2 N–H and O–H groups in total. The molecule has 0 aliphatic rings. The predicted octanol–water partition coefficient (Wildman–Crippen LogP) is 0.137. The molecule has 0 aromatic carbocycles. The van der Waals surface area contributed by atoms with Gasteiger partial charge in [0.15, 0.2) is 0 Å². The monoisotopic (exact) mass is 194 g/mol. The van der Waals surface area contributed by atoms with Crippen molar-refractivity contribution in [2.45, 2.75) is 25.9 Å². The number of hydrogen-bond acceptors (Lipinski definition) is 2. The molecule has 0 rings (SSSR count). The van der Waals surface area contributed by atoms with Gasteiger partial charge in [-0.2, -0.15) is 0 Å². The molecule has 0 bridgehead atoms. The van der Waals surface area contributed by atoms with Crippen LogP contribution in [0.3, 0.4) is 0 Å². The molecule has 0 radical (unpaired) electrons. The van der Waals surface area contributed by atoms with E-state index < -0.39 is 0 Å². The molecule has 8 heavy (non-hydrogen) atoms. The molecule has 0 aromatic rings. The van der Waals surface area contributed by atoms with Gasteiger partial charge in [0, 0.05) is 32.8 Å². The van der Waals surface area contributed by atoms with Gasteiger partial charge in [0.2, 0.25) is 0 Å². The zero-order valence-corrected chi connectivity index (χ0v) is 7.55. The van der Waals surface area contributed by atoms with Crippen LogP contribution in [0.25, 0.3) is 0 Å². The molecule has 48 valence electrons. The van der Waals surface area contributed by atoms with Crippen LogP contribution in [-0.2, 0) is 26.2 Å². The third kappa shape index (κ3) is 6.80. The van der Waals surface area contributed by atoms with Crippen LogP contribution in [0.4, 0.5) is 0 Å². The van der Waals surface area contributed by atoms with Crippen LogP contribution in [0, 0.1) is 0 Å². The molecule has 2 nitrogen and oxygen atoms in total. The van der Waals surface area contributed by atoms with E-state index in [9.17, 15) is 0 Å². The van der Waals surface area contributed by atoms with E-state index >= 15 is 0 Å². The van der Waals surface area contributed by atoms with E-state index in [1.165, 1.54) is 0 Å². The van der Waals surface area contributed by atoms with Crippen LogP contribution in [0.15, 0.2) is 0 Å². The van der Waals surface area contributed by atoms with E-state index in [2.05, 4.69) is 0 Å². The molecular weight excluding hydrogens is 183 g/mol. The van der Waals surface area contributed by atoms with Crippen LogP contribution in [0.5, 0.6) is 0 Å².